The quantitative estimate of drug-likeness (QED) is 0.914. The van der Waals surface area contributed by atoms with Gasteiger partial charge in [-0.1, -0.05) is 13.0 Å². The summed E-state index contributed by atoms with van der Waals surface area (Å²) < 4.78 is 0. The lowest BCUT2D eigenvalue weighted by Gasteiger charge is -2.39. The third-order valence-electron chi connectivity index (χ3n) is 4.76. The first kappa shape index (κ1) is 15.4. The lowest BCUT2D eigenvalue weighted by atomic mass is 10.1. The third kappa shape index (κ3) is 3.31. The highest BCUT2D eigenvalue weighted by Crippen LogP contribution is 2.25. The Morgan fingerprint density at radius 1 is 1.36 bits per heavy atom. The molecule has 1 amide bonds. The van der Waals surface area contributed by atoms with Gasteiger partial charge in [0.2, 0.25) is 5.91 Å². The van der Waals surface area contributed by atoms with Crippen LogP contribution in [-0.2, 0) is 4.79 Å². The second-order valence-corrected chi connectivity index (χ2v) is 6.24. The number of nitrogens with zero attached hydrogens (tertiary/aromatic N) is 3. The first-order chi connectivity index (χ1) is 10.8. The molecule has 1 N–H and O–H groups in total. The maximum Gasteiger partial charge on any atom is 0.246 e. The fourth-order valence-electron chi connectivity index (χ4n) is 3.48. The van der Waals surface area contributed by atoms with Crippen molar-refractivity contribution >= 4 is 5.91 Å². The van der Waals surface area contributed by atoms with Crippen LogP contribution in [0.3, 0.4) is 0 Å². The fourth-order valence-corrected chi connectivity index (χ4v) is 3.48. The summed E-state index contributed by atoms with van der Waals surface area (Å²) in [7, 11) is 0. The van der Waals surface area contributed by atoms with Gasteiger partial charge in [0.15, 0.2) is 0 Å². The van der Waals surface area contributed by atoms with Gasteiger partial charge in [-0.15, -0.1) is 0 Å². The van der Waals surface area contributed by atoms with Gasteiger partial charge in [0.05, 0.1) is 5.69 Å². The number of pyridine rings is 1. The monoisotopic (exact) mass is 302 g/mol. The van der Waals surface area contributed by atoms with Crippen molar-refractivity contribution in [1.82, 2.24) is 20.1 Å². The molecular formula is C17H26N4O. The molecule has 2 fully saturated rings. The summed E-state index contributed by atoms with van der Waals surface area (Å²) in [6.07, 6.45) is 5.13. The predicted octanol–water partition coefficient (Wildman–Crippen LogP) is 1.43. The smallest absolute Gasteiger partial charge is 0.246 e. The summed E-state index contributed by atoms with van der Waals surface area (Å²) >= 11 is 0. The van der Waals surface area contributed by atoms with Crippen LogP contribution in [0.15, 0.2) is 24.4 Å². The molecule has 0 spiro atoms. The summed E-state index contributed by atoms with van der Waals surface area (Å²) in [6, 6.07) is 6.11. The van der Waals surface area contributed by atoms with Crippen molar-refractivity contribution in [3.05, 3.63) is 30.1 Å². The minimum atomic E-state index is -0.226. The highest BCUT2D eigenvalue weighted by atomic mass is 16.2. The van der Waals surface area contributed by atoms with Gasteiger partial charge in [0.25, 0.3) is 0 Å². The summed E-state index contributed by atoms with van der Waals surface area (Å²) in [4.78, 5) is 21.9. The fraction of sp³-hybridized carbons (Fsp3) is 0.647. The number of rotatable bonds is 4. The second kappa shape index (κ2) is 7.20. The van der Waals surface area contributed by atoms with E-state index in [0.29, 0.717) is 6.04 Å². The Morgan fingerprint density at radius 2 is 2.18 bits per heavy atom. The van der Waals surface area contributed by atoms with E-state index in [-0.39, 0.29) is 11.9 Å². The van der Waals surface area contributed by atoms with Gasteiger partial charge in [-0.25, -0.2) is 0 Å². The first-order valence-corrected chi connectivity index (χ1v) is 8.46. The van der Waals surface area contributed by atoms with Crippen LogP contribution in [0.1, 0.15) is 37.9 Å². The molecule has 0 saturated carbocycles. The molecule has 22 heavy (non-hydrogen) atoms. The number of hydrogen-bond acceptors (Lipinski definition) is 4. The van der Waals surface area contributed by atoms with Gasteiger partial charge >= 0.3 is 0 Å². The lowest BCUT2D eigenvalue weighted by Crippen LogP contribution is -2.54. The van der Waals surface area contributed by atoms with Crippen molar-refractivity contribution in [2.24, 2.45) is 0 Å². The Balaban J connectivity index is 1.84. The number of carbonyl (C=O) groups is 1. The maximum absolute atomic E-state index is 13.1. The van der Waals surface area contributed by atoms with E-state index in [1.807, 2.05) is 23.1 Å². The highest BCUT2D eigenvalue weighted by Gasteiger charge is 2.35. The number of nitrogens with one attached hydrogen (secondary N) is 1. The van der Waals surface area contributed by atoms with Crippen LogP contribution < -0.4 is 5.32 Å². The topological polar surface area (TPSA) is 48.5 Å². The van der Waals surface area contributed by atoms with Crippen molar-refractivity contribution in [3.8, 4) is 0 Å². The van der Waals surface area contributed by atoms with Crippen LogP contribution in [0.2, 0.25) is 0 Å². The van der Waals surface area contributed by atoms with Crippen molar-refractivity contribution in [1.29, 1.82) is 0 Å². The molecule has 1 aromatic heterocycles. The lowest BCUT2D eigenvalue weighted by molar-refractivity contribution is -0.137. The molecule has 2 aliphatic heterocycles. The average molecular weight is 302 g/mol. The Bertz CT molecular complexity index is 487. The zero-order valence-electron chi connectivity index (χ0n) is 13.4. The number of piperazine rings is 1. The molecule has 120 valence electrons. The third-order valence-corrected chi connectivity index (χ3v) is 4.76. The summed E-state index contributed by atoms with van der Waals surface area (Å²) in [5.41, 5.74) is 0.885. The molecule has 0 bridgehead atoms. The summed E-state index contributed by atoms with van der Waals surface area (Å²) in [5, 5.41) is 3.53. The number of amides is 1. The number of aromatic nitrogens is 1. The standard InChI is InChI=1S/C17H26N4O/c1-2-14-13-21(12-9-18-14)16(15-7-3-4-8-19-15)17(22)20-10-5-6-11-20/h3-4,7-8,14,16,18H,2,5-6,9-13H2,1H3. The van der Waals surface area contributed by atoms with E-state index in [1.54, 1.807) is 6.20 Å². The Kier molecular flexibility index (Phi) is 5.05. The van der Waals surface area contributed by atoms with Crippen LogP contribution in [0.25, 0.3) is 0 Å². The zero-order chi connectivity index (χ0) is 15.4. The predicted molar refractivity (Wildman–Crippen MR) is 86.4 cm³/mol. The van der Waals surface area contributed by atoms with Crippen LogP contribution >= 0.6 is 0 Å². The number of hydrogen-bond donors (Lipinski definition) is 1. The van der Waals surface area contributed by atoms with Gasteiger partial charge in [0, 0.05) is 45.0 Å². The van der Waals surface area contributed by atoms with Crippen molar-refractivity contribution < 1.29 is 4.79 Å². The normalized spacial score (nSPS) is 24.4. The van der Waals surface area contributed by atoms with Crippen molar-refractivity contribution in [2.75, 3.05) is 32.7 Å². The van der Waals surface area contributed by atoms with Crippen LogP contribution in [-0.4, -0.2) is 59.5 Å². The molecule has 2 atom stereocenters. The number of likely N-dealkylation sites (tertiary alicyclic amines) is 1. The minimum absolute atomic E-state index is 0.226. The molecule has 2 unspecified atom stereocenters. The Hall–Kier alpha value is -1.46. The molecule has 0 radical (unpaired) electrons. The van der Waals surface area contributed by atoms with Gasteiger partial charge in [0.1, 0.15) is 6.04 Å². The molecule has 1 aromatic rings. The van der Waals surface area contributed by atoms with Gasteiger partial charge in [-0.2, -0.15) is 0 Å². The minimum Gasteiger partial charge on any atom is -0.341 e. The van der Waals surface area contributed by atoms with Gasteiger partial charge in [-0.3, -0.25) is 14.7 Å². The van der Waals surface area contributed by atoms with Crippen LogP contribution in [0, 0.1) is 0 Å². The van der Waals surface area contributed by atoms with Crippen LogP contribution in [0.4, 0.5) is 0 Å². The van der Waals surface area contributed by atoms with Gasteiger partial charge < -0.3 is 10.2 Å². The number of carbonyl (C=O) groups excluding carboxylic acids is 1. The van der Waals surface area contributed by atoms with E-state index >= 15 is 0 Å². The molecular weight excluding hydrogens is 276 g/mol. The van der Waals surface area contributed by atoms with E-state index in [9.17, 15) is 4.79 Å². The zero-order valence-corrected chi connectivity index (χ0v) is 13.4. The van der Waals surface area contributed by atoms with E-state index in [0.717, 1.165) is 57.7 Å². The van der Waals surface area contributed by atoms with Gasteiger partial charge in [-0.05, 0) is 31.4 Å². The molecule has 3 heterocycles. The van der Waals surface area contributed by atoms with Crippen LogP contribution in [0.5, 0.6) is 0 Å². The molecule has 5 heteroatoms. The molecule has 3 rings (SSSR count). The molecule has 2 aliphatic rings. The maximum atomic E-state index is 13.1. The average Bonchev–Trinajstić information content (AvgIpc) is 3.11. The first-order valence-electron chi connectivity index (χ1n) is 8.46. The molecule has 0 aliphatic carbocycles. The van der Waals surface area contributed by atoms with Crippen molar-refractivity contribution in [2.45, 2.75) is 38.3 Å². The van der Waals surface area contributed by atoms with E-state index in [2.05, 4.69) is 22.1 Å². The second-order valence-electron chi connectivity index (χ2n) is 6.24. The summed E-state index contributed by atoms with van der Waals surface area (Å²) in [6.45, 7) is 6.74. The highest BCUT2D eigenvalue weighted by molar-refractivity contribution is 5.83. The Morgan fingerprint density at radius 3 is 2.86 bits per heavy atom. The van der Waals surface area contributed by atoms with E-state index in [4.69, 9.17) is 0 Å². The van der Waals surface area contributed by atoms with E-state index in [1.165, 1.54) is 0 Å². The van der Waals surface area contributed by atoms with E-state index < -0.39 is 0 Å². The molecule has 0 aromatic carbocycles. The SMILES string of the molecule is CCC1CN(C(C(=O)N2CCCC2)c2ccccn2)CCN1. The summed E-state index contributed by atoms with van der Waals surface area (Å²) in [5.74, 6) is 0.230. The molecule has 5 nitrogen and oxygen atoms in total. The molecule has 2 saturated heterocycles. The van der Waals surface area contributed by atoms with Crippen molar-refractivity contribution in [3.63, 3.8) is 0 Å². The largest absolute Gasteiger partial charge is 0.341 e. The Labute approximate surface area is 132 Å².